The van der Waals surface area contributed by atoms with Gasteiger partial charge in [0.15, 0.2) is 0 Å². The van der Waals surface area contributed by atoms with Crippen LogP contribution in [0.4, 0.5) is 4.39 Å². The zero-order valence-electron chi connectivity index (χ0n) is 12.2. The Hall–Kier alpha value is -0.930. The fourth-order valence-corrected chi connectivity index (χ4v) is 2.75. The second-order valence-electron chi connectivity index (χ2n) is 5.88. The largest absolute Gasteiger partial charge is 0.312 e. The summed E-state index contributed by atoms with van der Waals surface area (Å²) >= 11 is 0. The number of nitrogens with one attached hydrogen (secondary N) is 1. The normalized spacial score (nSPS) is 23.3. The van der Waals surface area contributed by atoms with E-state index in [-0.39, 0.29) is 11.9 Å². The zero-order chi connectivity index (χ0) is 13.8. The van der Waals surface area contributed by atoms with Crippen molar-refractivity contribution in [3.63, 3.8) is 0 Å². The molecular weight excluding hydrogens is 239 g/mol. The van der Waals surface area contributed by atoms with Gasteiger partial charge >= 0.3 is 0 Å². The van der Waals surface area contributed by atoms with E-state index in [1.807, 2.05) is 6.07 Å². The predicted molar refractivity (Wildman–Crippen MR) is 77.6 cm³/mol. The summed E-state index contributed by atoms with van der Waals surface area (Å²) in [5, 5.41) is 3.61. The highest BCUT2D eigenvalue weighted by Gasteiger charge is 2.24. The molecule has 0 radical (unpaired) electrons. The van der Waals surface area contributed by atoms with E-state index in [1.54, 1.807) is 12.1 Å². The molecule has 2 atom stereocenters. The van der Waals surface area contributed by atoms with E-state index >= 15 is 0 Å². The molecule has 106 valence electrons. The summed E-state index contributed by atoms with van der Waals surface area (Å²) in [5.74, 6) is 0.484. The molecule has 2 rings (SSSR count). The van der Waals surface area contributed by atoms with Crippen molar-refractivity contribution in [2.75, 3.05) is 19.6 Å². The molecule has 2 unspecified atom stereocenters. The van der Waals surface area contributed by atoms with E-state index in [0.717, 1.165) is 31.6 Å². The molecule has 1 aromatic carbocycles. The first-order chi connectivity index (χ1) is 9.08. The van der Waals surface area contributed by atoms with E-state index < -0.39 is 0 Å². The number of halogens is 1. The van der Waals surface area contributed by atoms with Crippen LogP contribution in [-0.4, -0.2) is 30.6 Å². The lowest BCUT2D eigenvalue weighted by atomic mass is 10.0. The Labute approximate surface area is 116 Å². The molecule has 0 spiro atoms. The van der Waals surface area contributed by atoms with Gasteiger partial charge in [-0.05, 0) is 43.5 Å². The van der Waals surface area contributed by atoms with Crippen LogP contribution >= 0.6 is 0 Å². The van der Waals surface area contributed by atoms with Crippen molar-refractivity contribution in [2.45, 2.75) is 39.3 Å². The molecule has 1 aliphatic heterocycles. The molecule has 1 aromatic rings. The van der Waals surface area contributed by atoms with Crippen LogP contribution in [0, 0.1) is 11.7 Å². The quantitative estimate of drug-likeness (QED) is 0.902. The van der Waals surface area contributed by atoms with Crippen molar-refractivity contribution >= 4 is 0 Å². The van der Waals surface area contributed by atoms with Crippen LogP contribution in [0.1, 0.15) is 38.8 Å². The van der Waals surface area contributed by atoms with Gasteiger partial charge in [0, 0.05) is 25.2 Å². The molecule has 0 saturated carbocycles. The molecule has 2 nitrogen and oxygen atoms in total. The van der Waals surface area contributed by atoms with Crippen molar-refractivity contribution < 1.29 is 4.39 Å². The highest BCUT2D eigenvalue weighted by Crippen LogP contribution is 2.23. The average molecular weight is 264 g/mol. The molecule has 1 saturated heterocycles. The maximum absolute atomic E-state index is 13.3. The maximum Gasteiger partial charge on any atom is 0.123 e. The van der Waals surface area contributed by atoms with Crippen LogP contribution in [0.25, 0.3) is 0 Å². The first-order valence-electron chi connectivity index (χ1n) is 7.31. The summed E-state index contributed by atoms with van der Waals surface area (Å²) in [6.07, 6.45) is 1.16. The van der Waals surface area contributed by atoms with Crippen LogP contribution in [0.15, 0.2) is 24.3 Å². The lowest BCUT2D eigenvalue weighted by molar-refractivity contribution is 0.192. The van der Waals surface area contributed by atoms with Gasteiger partial charge in [-0.15, -0.1) is 0 Å². The fraction of sp³-hybridized carbons (Fsp3) is 0.625. The van der Waals surface area contributed by atoms with E-state index in [0.29, 0.717) is 12.0 Å². The van der Waals surface area contributed by atoms with E-state index in [4.69, 9.17) is 0 Å². The highest BCUT2D eigenvalue weighted by atomic mass is 19.1. The van der Waals surface area contributed by atoms with Crippen molar-refractivity contribution in [1.29, 1.82) is 0 Å². The minimum Gasteiger partial charge on any atom is -0.312 e. The summed E-state index contributed by atoms with van der Waals surface area (Å²) in [4.78, 5) is 2.47. The van der Waals surface area contributed by atoms with Gasteiger partial charge in [-0.3, -0.25) is 4.90 Å². The van der Waals surface area contributed by atoms with Crippen molar-refractivity contribution in [3.05, 3.63) is 35.6 Å². The summed E-state index contributed by atoms with van der Waals surface area (Å²) < 4.78 is 13.3. The molecule has 1 N–H and O–H groups in total. The Morgan fingerprint density at radius 3 is 2.79 bits per heavy atom. The van der Waals surface area contributed by atoms with Crippen LogP contribution in [-0.2, 0) is 0 Å². The van der Waals surface area contributed by atoms with Gasteiger partial charge in [0.1, 0.15) is 5.82 Å². The first-order valence-corrected chi connectivity index (χ1v) is 7.31. The number of hydrogen-bond donors (Lipinski definition) is 1. The molecule has 1 aliphatic rings. The van der Waals surface area contributed by atoms with Gasteiger partial charge in [0.25, 0.3) is 0 Å². The van der Waals surface area contributed by atoms with Crippen molar-refractivity contribution in [3.8, 4) is 0 Å². The summed E-state index contributed by atoms with van der Waals surface area (Å²) in [6.45, 7) is 9.89. The van der Waals surface area contributed by atoms with Gasteiger partial charge in [0.05, 0.1) is 0 Å². The van der Waals surface area contributed by atoms with Crippen LogP contribution in [0.5, 0.6) is 0 Å². The Morgan fingerprint density at radius 1 is 1.32 bits per heavy atom. The van der Waals surface area contributed by atoms with E-state index in [2.05, 4.69) is 31.0 Å². The van der Waals surface area contributed by atoms with Crippen molar-refractivity contribution in [2.24, 2.45) is 5.92 Å². The average Bonchev–Trinajstić information content (AvgIpc) is 2.63. The van der Waals surface area contributed by atoms with E-state index in [1.165, 1.54) is 6.07 Å². The maximum atomic E-state index is 13.3. The molecule has 0 aromatic heterocycles. The summed E-state index contributed by atoms with van der Waals surface area (Å²) in [5.41, 5.74) is 1.07. The van der Waals surface area contributed by atoms with Gasteiger partial charge in [-0.25, -0.2) is 4.39 Å². The Balaban J connectivity index is 2.10. The highest BCUT2D eigenvalue weighted by molar-refractivity contribution is 5.19. The predicted octanol–water partition coefficient (Wildman–Crippen LogP) is 3.21. The standard InChI is InChI=1S/C16H25FN2/c1-12(2)16-11-19(9-5-8-18-16)13(3)14-6-4-7-15(17)10-14/h4,6-7,10,12-13,16,18H,5,8-9,11H2,1-3H3. The number of hydrogen-bond acceptors (Lipinski definition) is 2. The molecule has 0 bridgehead atoms. The SMILES string of the molecule is CC(C)C1CN(C(C)c2cccc(F)c2)CCCN1. The van der Waals surface area contributed by atoms with E-state index in [9.17, 15) is 4.39 Å². The fourth-order valence-electron chi connectivity index (χ4n) is 2.75. The summed E-state index contributed by atoms with van der Waals surface area (Å²) in [6, 6.07) is 7.80. The second-order valence-corrected chi connectivity index (χ2v) is 5.88. The smallest absolute Gasteiger partial charge is 0.123 e. The Morgan fingerprint density at radius 2 is 2.11 bits per heavy atom. The summed E-state index contributed by atoms with van der Waals surface area (Å²) in [7, 11) is 0. The topological polar surface area (TPSA) is 15.3 Å². The molecule has 3 heteroatoms. The second kappa shape index (κ2) is 6.49. The van der Waals surface area contributed by atoms with Crippen LogP contribution < -0.4 is 5.32 Å². The van der Waals surface area contributed by atoms with Crippen molar-refractivity contribution in [1.82, 2.24) is 10.2 Å². The van der Waals surface area contributed by atoms with Crippen LogP contribution in [0.2, 0.25) is 0 Å². The lowest BCUT2D eigenvalue weighted by Gasteiger charge is -2.31. The molecule has 0 amide bonds. The third kappa shape index (κ3) is 3.77. The number of benzene rings is 1. The minimum atomic E-state index is -0.141. The molecule has 0 aliphatic carbocycles. The third-order valence-electron chi connectivity index (χ3n) is 4.14. The zero-order valence-corrected chi connectivity index (χ0v) is 12.2. The first kappa shape index (κ1) is 14.5. The Kier molecular flexibility index (Phi) is 4.94. The van der Waals surface area contributed by atoms with Gasteiger partial charge < -0.3 is 5.32 Å². The van der Waals surface area contributed by atoms with Gasteiger partial charge in [-0.1, -0.05) is 26.0 Å². The molecular formula is C16H25FN2. The monoisotopic (exact) mass is 264 g/mol. The molecule has 1 heterocycles. The third-order valence-corrected chi connectivity index (χ3v) is 4.14. The molecule has 1 fully saturated rings. The minimum absolute atomic E-state index is 0.141. The van der Waals surface area contributed by atoms with Gasteiger partial charge in [0.2, 0.25) is 0 Å². The van der Waals surface area contributed by atoms with Crippen LogP contribution in [0.3, 0.4) is 0 Å². The molecule has 19 heavy (non-hydrogen) atoms. The number of nitrogens with zero attached hydrogens (tertiary/aromatic N) is 1. The van der Waals surface area contributed by atoms with Gasteiger partial charge in [-0.2, -0.15) is 0 Å². The number of rotatable bonds is 3. The lowest BCUT2D eigenvalue weighted by Crippen LogP contribution is -2.42. The Bertz CT molecular complexity index is 405.